The van der Waals surface area contributed by atoms with E-state index in [2.05, 4.69) is 49.3 Å². The minimum absolute atomic E-state index is 0.486. The second-order valence-electron chi connectivity index (χ2n) is 6.07. The molecule has 26 heavy (non-hydrogen) atoms. The molecule has 0 radical (unpaired) electrons. The van der Waals surface area contributed by atoms with Crippen LogP contribution in [-0.4, -0.2) is 19.7 Å². The highest BCUT2D eigenvalue weighted by Gasteiger charge is 2.08. The van der Waals surface area contributed by atoms with Gasteiger partial charge in [-0.05, 0) is 35.3 Å². The van der Waals surface area contributed by atoms with Gasteiger partial charge in [-0.3, -0.25) is 0 Å². The van der Waals surface area contributed by atoms with E-state index in [9.17, 15) is 0 Å². The zero-order chi connectivity index (χ0) is 17.8. The number of anilines is 1. The second-order valence-corrected chi connectivity index (χ2v) is 6.07. The molecule has 0 saturated carbocycles. The summed E-state index contributed by atoms with van der Waals surface area (Å²) in [5, 5.41) is 7.21. The lowest BCUT2D eigenvalue weighted by Gasteiger charge is -2.08. The first-order valence-corrected chi connectivity index (χ1v) is 8.46. The molecule has 0 fully saturated rings. The molecule has 6 heteroatoms. The van der Waals surface area contributed by atoms with Gasteiger partial charge in [-0.15, -0.1) is 0 Å². The molecule has 4 rings (SSSR count). The molecular formula is C20H19N5O. The summed E-state index contributed by atoms with van der Waals surface area (Å²) in [6, 6.07) is 18.2. The highest BCUT2D eigenvalue weighted by molar-refractivity contribution is 5.53. The maximum Gasteiger partial charge on any atom is 0.264 e. The summed E-state index contributed by atoms with van der Waals surface area (Å²) < 4.78 is 7.44. The van der Waals surface area contributed by atoms with Crippen LogP contribution >= 0.6 is 0 Å². The van der Waals surface area contributed by atoms with E-state index >= 15 is 0 Å². The Balaban J connectivity index is 1.41. The van der Waals surface area contributed by atoms with Crippen molar-refractivity contribution in [2.75, 3.05) is 5.32 Å². The largest absolute Gasteiger partial charge is 0.347 e. The van der Waals surface area contributed by atoms with Gasteiger partial charge in [0.2, 0.25) is 0 Å². The Morgan fingerprint density at radius 2 is 1.88 bits per heavy atom. The molecule has 0 atom stereocenters. The topological polar surface area (TPSA) is 68.8 Å². The van der Waals surface area contributed by atoms with E-state index in [0.29, 0.717) is 18.4 Å². The Morgan fingerprint density at radius 3 is 2.69 bits per heavy atom. The Bertz CT molecular complexity index is 990. The zero-order valence-corrected chi connectivity index (χ0v) is 14.5. The van der Waals surface area contributed by atoms with Gasteiger partial charge in [0.15, 0.2) is 0 Å². The van der Waals surface area contributed by atoms with Crippen molar-refractivity contribution in [2.45, 2.75) is 20.0 Å². The van der Waals surface area contributed by atoms with Gasteiger partial charge in [-0.1, -0.05) is 42.5 Å². The number of hydrogen-bond acceptors (Lipinski definition) is 5. The number of nitrogens with one attached hydrogen (secondary N) is 1. The van der Waals surface area contributed by atoms with E-state index in [4.69, 9.17) is 4.52 Å². The number of nitrogens with zero attached hydrogens (tertiary/aromatic N) is 4. The van der Waals surface area contributed by atoms with E-state index in [1.54, 1.807) is 0 Å². The normalized spacial score (nSPS) is 10.8. The second kappa shape index (κ2) is 7.23. The Kier molecular flexibility index (Phi) is 4.47. The number of imidazole rings is 1. The van der Waals surface area contributed by atoms with Gasteiger partial charge in [-0.25, -0.2) is 4.98 Å². The first kappa shape index (κ1) is 16.1. The van der Waals surface area contributed by atoms with Crippen LogP contribution in [0.4, 0.5) is 5.95 Å². The standard InChI is InChI=1S/C20H19N5O/c1-15-21-10-11-25(15)14-17-7-5-6-16(12-17)13-22-20-23-19(26-24-20)18-8-3-2-4-9-18/h2-12H,13-14H2,1H3,(H,22,24). The molecule has 130 valence electrons. The maximum atomic E-state index is 5.31. The van der Waals surface area contributed by atoms with Gasteiger partial charge in [0.05, 0.1) is 0 Å². The molecular weight excluding hydrogens is 326 g/mol. The number of benzene rings is 2. The average molecular weight is 345 g/mol. The fourth-order valence-corrected chi connectivity index (χ4v) is 2.78. The molecule has 0 aliphatic carbocycles. The smallest absolute Gasteiger partial charge is 0.264 e. The highest BCUT2D eigenvalue weighted by Crippen LogP contribution is 2.18. The third-order valence-corrected chi connectivity index (χ3v) is 4.17. The lowest BCUT2D eigenvalue weighted by molar-refractivity contribution is 0.432. The fourth-order valence-electron chi connectivity index (χ4n) is 2.78. The Labute approximate surface area is 151 Å². The van der Waals surface area contributed by atoms with Crippen LogP contribution in [0.2, 0.25) is 0 Å². The van der Waals surface area contributed by atoms with Gasteiger partial charge >= 0.3 is 0 Å². The van der Waals surface area contributed by atoms with Crippen molar-refractivity contribution in [3.05, 3.63) is 83.9 Å². The summed E-state index contributed by atoms with van der Waals surface area (Å²) in [5.74, 6) is 2.01. The van der Waals surface area contributed by atoms with Gasteiger partial charge < -0.3 is 14.4 Å². The molecule has 0 bridgehead atoms. The minimum Gasteiger partial charge on any atom is -0.347 e. The number of hydrogen-bond donors (Lipinski definition) is 1. The van der Waals surface area contributed by atoms with Gasteiger partial charge in [0.1, 0.15) is 5.82 Å². The van der Waals surface area contributed by atoms with Gasteiger partial charge in [-0.2, -0.15) is 4.98 Å². The van der Waals surface area contributed by atoms with Crippen LogP contribution in [0.3, 0.4) is 0 Å². The lowest BCUT2D eigenvalue weighted by Crippen LogP contribution is -2.04. The van der Waals surface area contributed by atoms with E-state index in [1.165, 1.54) is 5.56 Å². The van der Waals surface area contributed by atoms with Gasteiger partial charge in [0.25, 0.3) is 11.8 Å². The van der Waals surface area contributed by atoms with Crippen molar-refractivity contribution in [3.63, 3.8) is 0 Å². The molecule has 0 aliphatic rings. The summed E-state index contributed by atoms with van der Waals surface area (Å²) >= 11 is 0. The summed E-state index contributed by atoms with van der Waals surface area (Å²) in [6.07, 6.45) is 3.81. The van der Waals surface area contributed by atoms with Crippen LogP contribution in [0.25, 0.3) is 11.5 Å². The number of aryl methyl sites for hydroxylation is 1. The van der Waals surface area contributed by atoms with Crippen molar-refractivity contribution in [2.24, 2.45) is 0 Å². The molecule has 0 aliphatic heterocycles. The van der Waals surface area contributed by atoms with E-state index in [1.807, 2.05) is 49.6 Å². The van der Waals surface area contributed by atoms with Crippen LogP contribution in [0, 0.1) is 6.92 Å². The molecule has 2 aromatic heterocycles. The molecule has 0 spiro atoms. The summed E-state index contributed by atoms with van der Waals surface area (Å²) in [6.45, 7) is 3.44. The summed E-state index contributed by atoms with van der Waals surface area (Å²) in [7, 11) is 0. The molecule has 0 saturated heterocycles. The SMILES string of the molecule is Cc1nccn1Cc1cccc(CNc2noc(-c3ccccc3)n2)c1. The van der Waals surface area contributed by atoms with Crippen LogP contribution in [0.15, 0.2) is 71.5 Å². The molecule has 1 N–H and O–H groups in total. The zero-order valence-electron chi connectivity index (χ0n) is 14.5. The van der Waals surface area contributed by atoms with Crippen molar-refractivity contribution >= 4 is 5.95 Å². The fraction of sp³-hybridized carbons (Fsp3) is 0.150. The highest BCUT2D eigenvalue weighted by atomic mass is 16.5. The Morgan fingerprint density at radius 1 is 1.04 bits per heavy atom. The molecule has 6 nitrogen and oxygen atoms in total. The quantitative estimate of drug-likeness (QED) is 0.574. The third-order valence-electron chi connectivity index (χ3n) is 4.17. The van der Waals surface area contributed by atoms with Crippen molar-refractivity contribution in [1.29, 1.82) is 0 Å². The molecule has 0 unspecified atom stereocenters. The van der Waals surface area contributed by atoms with Crippen molar-refractivity contribution in [3.8, 4) is 11.5 Å². The van der Waals surface area contributed by atoms with E-state index in [-0.39, 0.29) is 0 Å². The molecule has 2 heterocycles. The maximum absolute atomic E-state index is 5.31. The predicted octanol–water partition coefficient (Wildman–Crippen LogP) is 3.90. The van der Waals surface area contributed by atoms with Crippen LogP contribution in [0.1, 0.15) is 17.0 Å². The van der Waals surface area contributed by atoms with Gasteiger partial charge in [0, 0.05) is 31.0 Å². The summed E-state index contributed by atoms with van der Waals surface area (Å²) in [5.41, 5.74) is 3.29. The van der Waals surface area contributed by atoms with Crippen LogP contribution < -0.4 is 5.32 Å². The minimum atomic E-state index is 0.486. The molecule has 0 amide bonds. The molecule has 4 aromatic rings. The number of rotatable bonds is 6. The van der Waals surface area contributed by atoms with E-state index < -0.39 is 0 Å². The lowest BCUT2D eigenvalue weighted by atomic mass is 10.1. The van der Waals surface area contributed by atoms with Crippen molar-refractivity contribution < 1.29 is 4.52 Å². The monoisotopic (exact) mass is 345 g/mol. The third kappa shape index (κ3) is 3.64. The summed E-state index contributed by atoms with van der Waals surface area (Å²) in [4.78, 5) is 8.65. The Hall–Kier alpha value is -3.41. The van der Waals surface area contributed by atoms with Crippen molar-refractivity contribution in [1.82, 2.24) is 19.7 Å². The van der Waals surface area contributed by atoms with Crippen LogP contribution in [-0.2, 0) is 13.1 Å². The average Bonchev–Trinajstić information content (AvgIpc) is 3.31. The number of aromatic nitrogens is 4. The first-order chi connectivity index (χ1) is 12.8. The first-order valence-electron chi connectivity index (χ1n) is 8.46. The molecule has 2 aromatic carbocycles. The van der Waals surface area contributed by atoms with Crippen LogP contribution in [0.5, 0.6) is 0 Å². The van der Waals surface area contributed by atoms with E-state index in [0.717, 1.165) is 23.5 Å². The predicted molar refractivity (Wildman–Crippen MR) is 99.6 cm³/mol.